The fraction of sp³-hybridized carbons (Fsp3) is 0.125. The Labute approximate surface area is 201 Å². The van der Waals surface area contributed by atoms with Crippen molar-refractivity contribution in [2.24, 2.45) is 5.10 Å². The first-order valence-corrected chi connectivity index (χ1v) is 10.6. The highest BCUT2D eigenvalue weighted by Crippen LogP contribution is 2.33. The maximum atomic E-state index is 12.2. The molecule has 0 heterocycles. The predicted octanol–water partition coefficient (Wildman–Crippen LogP) is 5.09. The van der Waals surface area contributed by atoms with Gasteiger partial charge in [0.15, 0.2) is 12.4 Å². The van der Waals surface area contributed by atoms with Crippen LogP contribution in [0.4, 0.5) is 5.69 Å². The molecule has 2 N–H and O–H groups in total. The van der Waals surface area contributed by atoms with Crippen LogP contribution in [-0.2, 0) is 4.79 Å². The standard InChI is InChI=1S/C24H21Cl2N3O4/c1-15-6-8-18(9-7-15)28-22(30)14-33-23-20(25)10-16(11-21(23)26)13-27-29-24(31)17-4-3-5-19(12-17)32-2/h3-13H,14H2,1-2H3,(H,28,30)(H,29,31)/b27-13+. The molecule has 7 nitrogen and oxygen atoms in total. The molecule has 3 rings (SSSR count). The quantitative estimate of drug-likeness (QED) is 0.343. The Balaban J connectivity index is 1.58. The monoisotopic (exact) mass is 485 g/mol. The molecule has 0 radical (unpaired) electrons. The Morgan fingerprint density at radius 1 is 1.03 bits per heavy atom. The second kappa shape index (κ2) is 11.4. The minimum absolute atomic E-state index is 0.176. The first kappa shape index (κ1) is 24.1. The summed E-state index contributed by atoms with van der Waals surface area (Å²) in [6.45, 7) is 1.69. The van der Waals surface area contributed by atoms with E-state index in [1.54, 1.807) is 48.5 Å². The number of rotatable bonds is 8. The summed E-state index contributed by atoms with van der Waals surface area (Å²) in [5, 5.41) is 7.05. The van der Waals surface area contributed by atoms with E-state index in [9.17, 15) is 9.59 Å². The zero-order valence-electron chi connectivity index (χ0n) is 17.9. The highest BCUT2D eigenvalue weighted by molar-refractivity contribution is 6.37. The first-order chi connectivity index (χ1) is 15.9. The molecule has 0 bridgehead atoms. The molecule has 0 fully saturated rings. The highest BCUT2D eigenvalue weighted by atomic mass is 35.5. The van der Waals surface area contributed by atoms with Gasteiger partial charge >= 0.3 is 0 Å². The van der Waals surface area contributed by atoms with Gasteiger partial charge in [0, 0.05) is 11.3 Å². The van der Waals surface area contributed by atoms with Crippen LogP contribution in [0, 0.1) is 6.92 Å². The number of hydrogen-bond donors (Lipinski definition) is 2. The number of amides is 2. The lowest BCUT2D eigenvalue weighted by Crippen LogP contribution is -2.20. The molecule has 170 valence electrons. The van der Waals surface area contributed by atoms with Crippen LogP contribution in [0.2, 0.25) is 10.0 Å². The summed E-state index contributed by atoms with van der Waals surface area (Å²) in [7, 11) is 1.52. The molecule has 0 aromatic heterocycles. The summed E-state index contributed by atoms with van der Waals surface area (Å²) in [5.74, 6) is -0.0120. The number of carbonyl (C=O) groups excluding carboxylic acids is 2. The molecular weight excluding hydrogens is 465 g/mol. The molecule has 0 spiro atoms. The van der Waals surface area contributed by atoms with Gasteiger partial charge in [0.25, 0.3) is 11.8 Å². The normalized spacial score (nSPS) is 10.7. The molecule has 0 aliphatic carbocycles. The van der Waals surface area contributed by atoms with Crippen molar-refractivity contribution in [1.29, 1.82) is 0 Å². The van der Waals surface area contributed by atoms with E-state index >= 15 is 0 Å². The number of benzene rings is 3. The van der Waals surface area contributed by atoms with Crippen molar-refractivity contribution in [2.45, 2.75) is 6.92 Å². The largest absolute Gasteiger partial charge is 0.497 e. The van der Waals surface area contributed by atoms with Gasteiger partial charge in [0.1, 0.15) is 5.75 Å². The van der Waals surface area contributed by atoms with E-state index < -0.39 is 5.91 Å². The van der Waals surface area contributed by atoms with Crippen LogP contribution in [-0.4, -0.2) is 31.7 Å². The molecule has 33 heavy (non-hydrogen) atoms. The summed E-state index contributed by atoms with van der Waals surface area (Å²) >= 11 is 12.5. The zero-order chi connectivity index (χ0) is 23.8. The van der Waals surface area contributed by atoms with Gasteiger partial charge in [0.05, 0.1) is 23.4 Å². The molecule has 3 aromatic rings. The van der Waals surface area contributed by atoms with Crippen molar-refractivity contribution in [3.05, 3.63) is 87.4 Å². The van der Waals surface area contributed by atoms with Gasteiger partial charge in [-0.05, 0) is 55.0 Å². The predicted molar refractivity (Wildman–Crippen MR) is 130 cm³/mol. The lowest BCUT2D eigenvalue weighted by molar-refractivity contribution is -0.118. The van der Waals surface area contributed by atoms with Crippen molar-refractivity contribution in [3.63, 3.8) is 0 Å². The lowest BCUT2D eigenvalue weighted by Gasteiger charge is -2.11. The van der Waals surface area contributed by atoms with Gasteiger partial charge in [-0.1, -0.05) is 47.0 Å². The average Bonchev–Trinajstić information content (AvgIpc) is 2.80. The van der Waals surface area contributed by atoms with Crippen molar-refractivity contribution < 1.29 is 19.1 Å². The van der Waals surface area contributed by atoms with Crippen LogP contribution >= 0.6 is 23.2 Å². The third kappa shape index (κ3) is 6.97. The van der Waals surface area contributed by atoms with E-state index in [0.717, 1.165) is 5.56 Å². The Morgan fingerprint density at radius 3 is 2.39 bits per heavy atom. The topological polar surface area (TPSA) is 89.0 Å². The van der Waals surface area contributed by atoms with Gasteiger partial charge in [-0.3, -0.25) is 9.59 Å². The van der Waals surface area contributed by atoms with E-state index in [-0.39, 0.29) is 28.3 Å². The minimum atomic E-state index is -0.401. The minimum Gasteiger partial charge on any atom is -0.497 e. The molecule has 0 saturated heterocycles. The summed E-state index contributed by atoms with van der Waals surface area (Å²) in [6.07, 6.45) is 1.39. The second-order valence-corrected chi connectivity index (χ2v) is 7.76. The number of methoxy groups -OCH3 is 1. The maximum absolute atomic E-state index is 12.2. The van der Waals surface area contributed by atoms with E-state index in [1.165, 1.54) is 13.3 Å². The number of halogens is 2. The van der Waals surface area contributed by atoms with Crippen LogP contribution in [0.5, 0.6) is 11.5 Å². The fourth-order valence-electron chi connectivity index (χ4n) is 2.76. The van der Waals surface area contributed by atoms with E-state index in [4.69, 9.17) is 32.7 Å². The van der Waals surface area contributed by atoms with Gasteiger partial charge in [-0.25, -0.2) is 5.43 Å². The maximum Gasteiger partial charge on any atom is 0.271 e. The zero-order valence-corrected chi connectivity index (χ0v) is 19.4. The number of hydrazone groups is 1. The molecule has 0 unspecified atom stereocenters. The smallest absolute Gasteiger partial charge is 0.271 e. The molecular formula is C24H21Cl2N3O4. The van der Waals surface area contributed by atoms with Crippen LogP contribution < -0.4 is 20.2 Å². The third-order valence-corrected chi connectivity index (χ3v) is 4.98. The molecule has 0 saturated carbocycles. The van der Waals surface area contributed by atoms with Crippen LogP contribution in [0.1, 0.15) is 21.5 Å². The SMILES string of the molecule is COc1cccc(C(=O)N/N=C/c2cc(Cl)c(OCC(=O)Nc3ccc(C)cc3)c(Cl)c2)c1. The van der Waals surface area contributed by atoms with E-state index in [0.29, 0.717) is 22.6 Å². The van der Waals surface area contributed by atoms with E-state index in [1.807, 2.05) is 19.1 Å². The molecule has 0 aliphatic rings. The Bertz CT molecular complexity index is 1160. The Hall–Kier alpha value is -3.55. The number of carbonyl (C=O) groups is 2. The summed E-state index contributed by atoms with van der Waals surface area (Å²) in [6, 6.07) is 17.2. The van der Waals surface area contributed by atoms with Gasteiger partial charge in [-0.2, -0.15) is 5.10 Å². The summed E-state index contributed by atoms with van der Waals surface area (Å²) < 4.78 is 10.6. The first-order valence-electron chi connectivity index (χ1n) is 9.81. The van der Waals surface area contributed by atoms with Crippen molar-refractivity contribution in [2.75, 3.05) is 19.0 Å². The summed E-state index contributed by atoms with van der Waals surface area (Å²) in [4.78, 5) is 24.3. The van der Waals surface area contributed by atoms with Crippen LogP contribution in [0.25, 0.3) is 0 Å². The second-order valence-electron chi connectivity index (χ2n) is 6.95. The molecule has 9 heteroatoms. The van der Waals surface area contributed by atoms with Crippen LogP contribution in [0.3, 0.4) is 0 Å². The number of anilines is 1. The number of hydrogen-bond acceptors (Lipinski definition) is 5. The number of aryl methyl sites for hydroxylation is 1. The molecule has 0 atom stereocenters. The highest BCUT2D eigenvalue weighted by Gasteiger charge is 2.12. The van der Waals surface area contributed by atoms with E-state index in [2.05, 4.69) is 15.8 Å². The lowest BCUT2D eigenvalue weighted by atomic mass is 10.2. The summed E-state index contributed by atoms with van der Waals surface area (Å²) in [5.41, 5.74) is 5.11. The van der Waals surface area contributed by atoms with Crippen LogP contribution in [0.15, 0.2) is 65.8 Å². The van der Waals surface area contributed by atoms with Gasteiger partial charge in [-0.15, -0.1) is 0 Å². The average molecular weight is 486 g/mol. The molecule has 2 amide bonds. The van der Waals surface area contributed by atoms with Crippen molar-refractivity contribution in [1.82, 2.24) is 5.43 Å². The number of nitrogens with one attached hydrogen (secondary N) is 2. The Morgan fingerprint density at radius 2 is 1.73 bits per heavy atom. The molecule has 3 aromatic carbocycles. The number of nitrogens with zero attached hydrogens (tertiary/aromatic N) is 1. The third-order valence-electron chi connectivity index (χ3n) is 4.42. The fourth-order valence-corrected chi connectivity index (χ4v) is 3.37. The van der Waals surface area contributed by atoms with Crippen molar-refractivity contribution >= 4 is 46.9 Å². The van der Waals surface area contributed by atoms with Crippen molar-refractivity contribution in [3.8, 4) is 11.5 Å². The van der Waals surface area contributed by atoms with Gasteiger partial charge in [0.2, 0.25) is 0 Å². The molecule has 0 aliphatic heterocycles. The Kier molecular flexibility index (Phi) is 8.29. The van der Waals surface area contributed by atoms with Gasteiger partial charge < -0.3 is 14.8 Å². The number of ether oxygens (including phenoxy) is 2.